The number of likely N-dealkylation sites (N-methyl/N-ethyl adjacent to an activating group) is 1. The van der Waals surface area contributed by atoms with Gasteiger partial charge in [0, 0.05) is 37.6 Å². The third kappa shape index (κ3) is 3.22. The number of hydrogen-bond donors (Lipinski definition) is 1. The van der Waals surface area contributed by atoms with Gasteiger partial charge in [0.25, 0.3) is 0 Å². The molecule has 1 aromatic rings. The van der Waals surface area contributed by atoms with Gasteiger partial charge in [-0.3, -0.25) is 4.79 Å². The molecule has 1 aromatic carbocycles. The van der Waals surface area contributed by atoms with Crippen LogP contribution in [0.5, 0.6) is 0 Å². The van der Waals surface area contributed by atoms with Crippen LogP contribution in [0.25, 0.3) is 0 Å². The molecule has 1 fully saturated rings. The van der Waals surface area contributed by atoms with Crippen LogP contribution in [0.3, 0.4) is 0 Å². The monoisotopic (exact) mass is 287 g/mol. The lowest BCUT2D eigenvalue weighted by atomic mass is 10.1. The van der Waals surface area contributed by atoms with Crippen LogP contribution in [-0.4, -0.2) is 44.5 Å². The molecule has 0 saturated carbocycles. The van der Waals surface area contributed by atoms with Crippen LogP contribution in [0.4, 0.5) is 24.5 Å². The Labute approximate surface area is 115 Å². The van der Waals surface area contributed by atoms with E-state index in [0.717, 1.165) is 19.2 Å². The number of piperazine rings is 1. The second-order valence-electron chi connectivity index (χ2n) is 4.78. The summed E-state index contributed by atoms with van der Waals surface area (Å²) in [5, 5.41) is 2.25. The van der Waals surface area contributed by atoms with Crippen LogP contribution in [0.2, 0.25) is 0 Å². The Bertz CT molecular complexity index is 482. The van der Waals surface area contributed by atoms with Crippen molar-refractivity contribution in [3.63, 3.8) is 0 Å². The van der Waals surface area contributed by atoms with Crippen molar-refractivity contribution >= 4 is 17.8 Å². The predicted molar refractivity (Wildman–Crippen MR) is 70.8 cm³/mol. The van der Waals surface area contributed by atoms with Crippen molar-refractivity contribution in [3.05, 3.63) is 23.8 Å². The summed E-state index contributed by atoms with van der Waals surface area (Å²) < 4.78 is 39.4. The molecule has 110 valence electrons. The van der Waals surface area contributed by atoms with E-state index in [2.05, 4.69) is 10.2 Å². The summed E-state index contributed by atoms with van der Waals surface area (Å²) in [6.07, 6.45) is -4.08. The fourth-order valence-corrected chi connectivity index (χ4v) is 2.24. The number of anilines is 2. The summed E-state index contributed by atoms with van der Waals surface area (Å²) in [6.45, 7) is 2.57. The molecule has 0 aliphatic carbocycles. The summed E-state index contributed by atoms with van der Waals surface area (Å²) in [5.41, 5.74) is -0.402. The summed E-state index contributed by atoms with van der Waals surface area (Å²) in [4.78, 5) is 14.2. The number of nitrogens with one attached hydrogen (secondary N) is 1. The van der Waals surface area contributed by atoms with E-state index in [1.807, 2.05) is 7.05 Å². The first-order valence-corrected chi connectivity index (χ1v) is 6.27. The molecule has 1 amide bonds. The molecular weight excluding hydrogens is 271 g/mol. The zero-order valence-electron chi connectivity index (χ0n) is 11.1. The topological polar surface area (TPSA) is 35.6 Å². The summed E-state index contributed by atoms with van der Waals surface area (Å²) in [7, 11) is 1.94. The summed E-state index contributed by atoms with van der Waals surface area (Å²) in [5.74, 6) is 0. The maximum absolute atomic E-state index is 13.1. The van der Waals surface area contributed by atoms with Gasteiger partial charge in [0.15, 0.2) is 0 Å². The molecule has 0 bridgehead atoms. The van der Waals surface area contributed by atoms with Gasteiger partial charge in [-0.2, -0.15) is 13.2 Å². The Balaban J connectivity index is 2.34. The molecule has 4 nitrogen and oxygen atoms in total. The third-order valence-electron chi connectivity index (χ3n) is 3.37. The molecule has 2 rings (SSSR count). The molecule has 1 aliphatic heterocycles. The molecule has 0 atom stereocenters. The lowest BCUT2D eigenvalue weighted by Crippen LogP contribution is -2.45. The molecule has 0 radical (unpaired) electrons. The molecule has 7 heteroatoms. The molecule has 1 aliphatic rings. The average Bonchev–Trinajstić information content (AvgIpc) is 2.39. The van der Waals surface area contributed by atoms with Gasteiger partial charge in [-0.25, -0.2) is 0 Å². The van der Waals surface area contributed by atoms with Crippen molar-refractivity contribution in [1.29, 1.82) is 0 Å². The standard InChI is InChI=1S/C13H16F3N3O/c1-18-4-6-19(7-5-18)12-3-2-10(17-9-20)8-11(12)13(14,15)16/h2-3,8-9H,4-7H2,1H3,(H,17,20). The van der Waals surface area contributed by atoms with Crippen molar-refractivity contribution in [2.45, 2.75) is 6.18 Å². The van der Waals surface area contributed by atoms with Gasteiger partial charge in [-0.05, 0) is 25.2 Å². The highest BCUT2D eigenvalue weighted by atomic mass is 19.4. The lowest BCUT2D eigenvalue weighted by Gasteiger charge is -2.35. The smallest absolute Gasteiger partial charge is 0.368 e. The number of amides is 1. The summed E-state index contributed by atoms with van der Waals surface area (Å²) in [6, 6.07) is 3.87. The Morgan fingerprint density at radius 2 is 1.85 bits per heavy atom. The van der Waals surface area contributed by atoms with E-state index in [4.69, 9.17) is 0 Å². The Morgan fingerprint density at radius 3 is 2.40 bits per heavy atom. The van der Waals surface area contributed by atoms with Crippen LogP contribution in [0.1, 0.15) is 5.56 Å². The Hall–Kier alpha value is -1.76. The van der Waals surface area contributed by atoms with E-state index in [-0.39, 0.29) is 11.4 Å². The van der Waals surface area contributed by atoms with Gasteiger partial charge in [-0.1, -0.05) is 0 Å². The fraction of sp³-hybridized carbons (Fsp3) is 0.462. The van der Waals surface area contributed by atoms with E-state index in [1.165, 1.54) is 12.1 Å². The molecular formula is C13H16F3N3O. The summed E-state index contributed by atoms with van der Waals surface area (Å²) >= 11 is 0. The third-order valence-corrected chi connectivity index (χ3v) is 3.37. The molecule has 1 N–H and O–H groups in total. The van der Waals surface area contributed by atoms with Crippen molar-refractivity contribution in [2.75, 3.05) is 43.4 Å². The zero-order valence-corrected chi connectivity index (χ0v) is 11.1. The van der Waals surface area contributed by atoms with E-state index in [0.29, 0.717) is 19.5 Å². The van der Waals surface area contributed by atoms with Crippen molar-refractivity contribution in [3.8, 4) is 0 Å². The fourth-order valence-electron chi connectivity index (χ4n) is 2.24. The normalized spacial score (nSPS) is 17.1. The van der Waals surface area contributed by atoms with E-state index in [1.54, 1.807) is 4.90 Å². The van der Waals surface area contributed by atoms with Gasteiger partial charge < -0.3 is 15.1 Å². The maximum Gasteiger partial charge on any atom is 0.418 e. The van der Waals surface area contributed by atoms with Gasteiger partial charge in [0.2, 0.25) is 6.41 Å². The van der Waals surface area contributed by atoms with Gasteiger partial charge in [-0.15, -0.1) is 0 Å². The maximum atomic E-state index is 13.1. The quantitative estimate of drug-likeness (QED) is 0.864. The highest BCUT2D eigenvalue weighted by Gasteiger charge is 2.35. The largest absolute Gasteiger partial charge is 0.418 e. The van der Waals surface area contributed by atoms with Crippen LogP contribution in [0.15, 0.2) is 18.2 Å². The van der Waals surface area contributed by atoms with Gasteiger partial charge >= 0.3 is 6.18 Å². The van der Waals surface area contributed by atoms with Gasteiger partial charge in [0.1, 0.15) is 0 Å². The zero-order chi connectivity index (χ0) is 14.8. The highest BCUT2D eigenvalue weighted by molar-refractivity contribution is 5.74. The second kappa shape index (κ2) is 5.70. The van der Waals surface area contributed by atoms with Crippen molar-refractivity contribution < 1.29 is 18.0 Å². The minimum atomic E-state index is -4.45. The van der Waals surface area contributed by atoms with E-state index >= 15 is 0 Å². The number of nitrogens with zero attached hydrogens (tertiary/aromatic N) is 2. The van der Waals surface area contributed by atoms with Crippen molar-refractivity contribution in [2.24, 2.45) is 0 Å². The molecule has 1 heterocycles. The number of rotatable bonds is 3. The number of halogens is 3. The van der Waals surface area contributed by atoms with Crippen LogP contribution in [-0.2, 0) is 11.0 Å². The highest BCUT2D eigenvalue weighted by Crippen LogP contribution is 2.38. The lowest BCUT2D eigenvalue weighted by molar-refractivity contribution is -0.137. The van der Waals surface area contributed by atoms with E-state index < -0.39 is 11.7 Å². The first-order valence-electron chi connectivity index (χ1n) is 6.27. The Morgan fingerprint density at radius 1 is 1.20 bits per heavy atom. The molecule has 0 spiro atoms. The van der Waals surface area contributed by atoms with Gasteiger partial charge in [0.05, 0.1) is 5.56 Å². The number of alkyl halides is 3. The van der Waals surface area contributed by atoms with E-state index in [9.17, 15) is 18.0 Å². The molecule has 1 saturated heterocycles. The predicted octanol–water partition coefficient (Wildman–Crippen LogP) is 2.03. The minimum Gasteiger partial charge on any atom is -0.368 e. The number of hydrogen-bond acceptors (Lipinski definition) is 3. The number of carbonyl (C=O) groups excluding carboxylic acids is 1. The second-order valence-corrected chi connectivity index (χ2v) is 4.78. The average molecular weight is 287 g/mol. The number of benzene rings is 1. The van der Waals surface area contributed by atoms with Crippen LogP contribution in [0, 0.1) is 0 Å². The van der Waals surface area contributed by atoms with Crippen LogP contribution >= 0.6 is 0 Å². The van der Waals surface area contributed by atoms with Crippen molar-refractivity contribution in [1.82, 2.24) is 4.90 Å². The first kappa shape index (κ1) is 14.6. The minimum absolute atomic E-state index is 0.144. The number of carbonyl (C=O) groups is 1. The Kier molecular flexibility index (Phi) is 4.17. The first-order chi connectivity index (χ1) is 9.41. The molecule has 0 unspecified atom stereocenters. The van der Waals surface area contributed by atoms with Crippen LogP contribution < -0.4 is 10.2 Å². The molecule has 20 heavy (non-hydrogen) atoms. The molecule has 0 aromatic heterocycles. The SMILES string of the molecule is CN1CCN(c2ccc(NC=O)cc2C(F)(F)F)CC1.